The molecule has 0 heterocycles. The Morgan fingerprint density at radius 3 is 2.74 bits per heavy atom. The van der Waals surface area contributed by atoms with E-state index in [1.807, 2.05) is 6.07 Å². The van der Waals surface area contributed by atoms with Crippen molar-refractivity contribution in [1.29, 1.82) is 5.26 Å². The van der Waals surface area contributed by atoms with Crippen molar-refractivity contribution in [3.63, 3.8) is 0 Å². The van der Waals surface area contributed by atoms with Gasteiger partial charge in [0.05, 0.1) is 30.5 Å². The monoisotopic (exact) mass is 279 g/mol. The number of carbonyl (C=O) groups is 2. The number of halogens is 1. The molecular formula is C14H14ClNO3. The number of hydrogen-bond acceptors (Lipinski definition) is 4. The molecule has 0 bridgehead atoms. The number of Topliss-reactive ketones (excluding diaryl/α,β-unsaturated/α-hetero) is 1. The molecule has 4 nitrogen and oxygen atoms in total. The minimum Gasteiger partial charge on any atom is -0.462 e. The largest absolute Gasteiger partial charge is 0.462 e. The van der Waals surface area contributed by atoms with Crippen LogP contribution in [0.4, 0.5) is 0 Å². The summed E-state index contributed by atoms with van der Waals surface area (Å²) in [6.07, 6.45) is 0.294. The number of nitriles is 1. The zero-order valence-corrected chi connectivity index (χ0v) is 11.4. The third kappa shape index (κ3) is 4.38. The molecule has 0 saturated heterocycles. The van der Waals surface area contributed by atoms with Crippen LogP contribution in [0.5, 0.6) is 0 Å². The van der Waals surface area contributed by atoms with Crippen molar-refractivity contribution in [3.05, 3.63) is 34.9 Å². The van der Waals surface area contributed by atoms with Gasteiger partial charge in [-0.1, -0.05) is 12.1 Å². The smallest absolute Gasteiger partial charge is 0.338 e. The topological polar surface area (TPSA) is 67.2 Å². The second-order valence-electron chi connectivity index (χ2n) is 3.90. The number of ether oxygens (including phenoxy) is 1. The first-order chi connectivity index (χ1) is 9.12. The Hall–Kier alpha value is -1.86. The molecule has 1 aromatic carbocycles. The lowest BCUT2D eigenvalue weighted by atomic mass is 9.98. The standard InChI is InChI=1S/C14H14ClNO3/c1-2-19-14(18)13-4-3-10(5-6-16)7-11(13)8-12(17)9-15/h3-4,7H,2,5,8-9H2,1H3. The minimum atomic E-state index is -0.469. The van der Waals surface area contributed by atoms with Gasteiger partial charge < -0.3 is 4.74 Å². The number of hydrogen-bond donors (Lipinski definition) is 0. The van der Waals surface area contributed by atoms with Crippen molar-refractivity contribution in [2.75, 3.05) is 12.5 Å². The van der Waals surface area contributed by atoms with E-state index in [0.717, 1.165) is 5.56 Å². The van der Waals surface area contributed by atoms with Gasteiger partial charge >= 0.3 is 5.97 Å². The normalized spacial score (nSPS) is 9.74. The molecule has 0 N–H and O–H groups in total. The molecule has 0 unspecified atom stereocenters. The predicted octanol–water partition coefficient (Wildman–Crippen LogP) is 2.28. The molecule has 0 amide bonds. The molecule has 0 aliphatic rings. The third-order valence-corrected chi connectivity index (χ3v) is 2.78. The molecule has 1 aromatic rings. The van der Waals surface area contributed by atoms with E-state index in [1.165, 1.54) is 0 Å². The first-order valence-corrected chi connectivity index (χ1v) is 6.39. The highest BCUT2D eigenvalue weighted by Gasteiger charge is 2.15. The molecule has 5 heteroatoms. The molecular weight excluding hydrogens is 266 g/mol. The van der Waals surface area contributed by atoms with Crippen LogP contribution in [0.15, 0.2) is 18.2 Å². The van der Waals surface area contributed by atoms with Crippen molar-refractivity contribution in [3.8, 4) is 6.07 Å². The van der Waals surface area contributed by atoms with Gasteiger partial charge in [-0.3, -0.25) is 4.79 Å². The summed E-state index contributed by atoms with van der Waals surface area (Å²) in [4.78, 5) is 23.2. The highest BCUT2D eigenvalue weighted by Crippen LogP contribution is 2.15. The zero-order valence-electron chi connectivity index (χ0n) is 10.6. The Morgan fingerprint density at radius 1 is 1.42 bits per heavy atom. The van der Waals surface area contributed by atoms with Crippen LogP contribution in [0.2, 0.25) is 0 Å². The number of nitrogens with zero attached hydrogens (tertiary/aromatic N) is 1. The average molecular weight is 280 g/mol. The van der Waals surface area contributed by atoms with Crippen LogP contribution in [0, 0.1) is 11.3 Å². The van der Waals surface area contributed by atoms with Gasteiger partial charge in [-0.15, -0.1) is 11.6 Å². The fourth-order valence-electron chi connectivity index (χ4n) is 1.66. The van der Waals surface area contributed by atoms with Gasteiger partial charge in [-0.2, -0.15) is 5.26 Å². The molecule has 0 aromatic heterocycles. The van der Waals surface area contributed by atoms with E-state index in [4.69, 9.17) is 21.6 Å². The first-order valence-electron chi connectivity index (χ1n) is 5.85. The molecule has 0 saturated carbocycles. The second kappa shape index (κ2) is 7.55. The number of rotatable bonds is 6. The second-order valence-corrected chi connectivity index (χ2v) is 4.16. The van der Waals surface area contributed by atoms with Crippen LogP contribution < -0.4 is 0 Å². The van der Waals surface area contributed by atoms with Gasteiger partial charge in [0.1, 0.15) is 0 Å². The Balaban J connectivity index is 3.11. The van der Waals surface area contributed by atoms with Crippen molar-refractivity contribution in [2.45, 2.75) is 19.8 Å². The highest BCUT2D eigenvalue weighted by atomic mass is 35.5. The number of ketones is 1. The van der Waals surface area contributed by atoms with Crippen LogP contribution in [0.1, 0.15) is 28.4 Å². The summed E-state index contributed by atoms with van der Waals surface area (Å²) in [5.74, 6) is -0.755. The molecule has 0 atom stereocenters. The fraction of sp³-hybridized carbons (Fsp3) is 0.357. The lowest BCUT2D eigenvalue weighted by molar-refractivity contribution is -0.116. The van der Waals surface area contributed by atoms with Gasteiger partial charge in [0.15, 0.2) is 5.78 Å². The zero-order chi connectivity index (χ0) is 14.3. The van der Waals surface area contributed by atoms with E-state index < -0.39 is 5.97 Å². The lowest BCUT2D eigenvalue weighted by Gasteiger charge is -2.09. The van der Waals surface area contributed by atoms with Crippen LogP contribution in [-0.2, 0) is 22.4 Å². The van der Waals surface area contributed by atoms with Gasteiger partial charge in [0, 0.05) is 6.42 Å². The van der Waals surface area contributed by atoms with Crippen LogP contribution in [0.25, 0.3) is 0 Å². The summed E-state index contributed by atoms with van der Waals surface area (Å²) in [5, 5.41) is 8.67. The summed E-state index contributed by atoms with van der Waals surface area (Å²) in [6.45, 7) is 1.98. The lowest BCUT2D eigenvalue weighted by Crippen LogP contribution is -2.12. The molecule has 0 fully saturated rings. The quantitative estimate of drug-likeness (QED) is 0.592. The maximum atomic E-state index is 11.8. The van der Waals surface area contributed by atoms with Crippen LogP contribution in [0.3, 0.4) is 0 Å². The van der Waals surface area contributed by atoms with Gasteiger partial charge in [0.25, 0.3) is 0 Å². The highest BCUT2D eigenvalue weighted by molar-refractivity contribution is 6.27. The Labute approximate surface area is 116 Å². The molecule has 1 rings (SSSR count). The van der Waals surface area contributed by atoms with Crippen molar-refractivity contribution < 1.29 is 14.3 Å². The predicted molar refractivity (Wildman–Crippen MR) is 71.1 cm³/mol. The molecule has 19 heavy (non-hydrogen) atoms. The Kier molecular flexibility index (Phi) is 6.04. The van der Waals surface area contributed by atoms with Crippen LogP contribution >= 0.6 is 11.6 Å². The summed E-state index contributed by atoms with van der Waals surface area (Å²) >= 11 is 5.48. The molecule has 0 radical (unpaired) electrons. The van der Waals surface area contributed by atoms with Gasteiger partial charge in [-0.05, 0) is 24.1 Å². The maximum absolute atomic E-state index is 11.8. The number of benzene rings is 1. The first kappa shape index (κ1) is 15.2. The summed E-state index contributed by atoms with van der Waals surface area (Å²) in [7, 11) is 0. The van der Waals surface area contributed by atoms with E-state index in [0.29, 0.717) is 11.1 Å². The van der Waals surface area contributed by atoms with Gasteiger partial charge in [0.2, 0.25) is 0 Å². The van der Waals surface area contributed by atoms with Crippen molar-refractivity contribution >= 4 is 23.4 Å². The minimum absolute atomic E-state index is 0.0664. The molecule has 0 aliphatic carbocycles. The molecule has 100 valence electrons. The maximum Gasteiger partial charge on any atom is 0.338 e. The van der Waals surface area contributed by atoms with E-state index >= 15 is 0 Å². The summed E-state index contributed by atoms with van der Waals surface area (Å²) in [6, 6.07) is 6.98. The molecule has 0 aliphatic heterocycles. The van der Waals surface area contributed by atoms with Gasteiger partial charge in [-0.25, -0.2) is 4.79 Å². The van der Waals surface area contributed by atoms with E-state index in [-0.39, 0.29) is 31.1 Å². The number of carbonyl (C=O) groups excluding carboxylic acids is 2. The number of esters is 1. The summed E-state index contributed by atoms with van der Waals surface area (Å²) < 4.78 is 4.94. The van der Waals surface area contributed by atoms with Crippen molar-refractivity contribution in [1.82, 2.24) is 0 Å². The van der Waals surface area contributed by atoms with Crippen molar-refractivity contribution in [2.24, 2.45) is 0 Å². The fourth-order valence-corrected chi connectivity index (χ4v) is 1.76. The summed E-state index contributed by atoms with van der Waals surface area (Å²) in [5.41, 5.74) is 1.66. The third-order valence-electron chi connectivity index (χ3n) is 2.48. The van der Waals surface area contributed by atoms with Crippen LogP contribution in [-0.4, -0.2) is 24.2 Å². The Bertz CT molecular complexity index is 520. The Morgan fingerprint density at radius 2 is 2.16 bits per heavy atom. The molecule has 0 spiro atoms. The van der Waals surface area contributed by atoms with E-state index in [2.05, 4.69) is 0 Å². The average Bonchev–Trinajstić information content (AvgIpc) is 2.39. The van der Waals surface area contributed by atoms with E-state index in [9.17, 15) is 9.59 Å². The SMILES string of the molecule is CCOC(=O)c1ccc(CC#N)cc1CC(=O)CCl. The number of alkyl halides is 1. The van der Waals surface area contributed by atoms with E-state index in [1.54, 1.807) is 25.1 Å².